The molecule has 0 amide bonds. The molecule has 0 fully saturated rings. The van der Waals surface area contributed by atoms with Gasteiger partial charge in [-0.2, -0.15) is 4.98 Å². The number of hydrogen-bond donors (Lipinski definition) is 1. The predicted octanol–water partition coefficient (Wildman–Crippen LogP) is 3.54. The highest BCUT2D eigenvalue weighted by atomic mass is 16.5. The van der Waals surface area contributed by atoms with Gasteiger partial charge in [-0.3, -0.25) is 9.97 Å². The molecule has 0 saturated carbocycles. The van der Waals surface area contributed by atoms with Gasteiger partial charge in [0.25, 0.3) is 5.89 Å². The normalized spacial score (nSPS) is 11.8. The summed E-state index contributed by atoms with van der Waals surface area (Å²) < 4.78 is 11.0. The Hall–Kier alpha value is -3.81. The van der Waals surface area contributed by atoms with Crippen LogP contribution in [0.25, 0.3) is 11.5 Å². The molecule has 146 valence electrons. The van der Waals surface area contributed by atoms with E-state index in [0.29, 0.717) is 11.7 Å². The molecule has 3 aromatic heterocycles. The van der Waals surface area contributed by atoms with Crippen LogP contribution in [-0.4, -0.2) is 31.1 Å². The quantitative estimate of drug-likeness (QED) is 0.489. The van der Waals surface area contributed by atoms with E-state index in [4.69, 9.17) is 9.26 Å². The van der Waals surface area contributed by atoms with E-state index in [-0.39, 0.29) is 12.6 Å². The zero-order valence-corrected chi connectivity index (χ0v) is 15.9. The van der Waals surface area contributed by atoms with Crippen LogP contribution in [0.15, 0.2) is 71.8 Å². The molecule has 0 aliphatic carbocycles. The van der Waals surface area contributed by atoms with Gasteiger partial charge in [-0.05, 0) is 31.2 Å². The van der Waals surface area contributed by atoms with Crippen molar-refractivity contribution < 1.29 is 9.26 Å². The van der Waals surface area contributed by atoms with Crippen LogP contribution in [0.4, 0.5) is 5.82 Å². The first-order valence-corrected chi connectivity index (χ1v) is 9.24. The van der Waals surface area contributed by atoms with Gasteiger partial charge in [0.1, 0.15) is 11.6 Å². The molecule has 1 atom stereocenters. The van der Waals surface area contributed by atoms with Crippen LogP contribution in [0, 0.1) is 0 Å². The van der Waals surface area contributed by atoms with Crippen LogP contribution in [0.1, 0.15) is 18.4 Å². The fourth-order valence-electron chi connectivity index (χ4n) is 2.75. The topological polar surface area (TPSA) is 98.9 Å². The maximum absolute atomic E-state index is 5.63. The third kappa shape index (κ3) is 5.13. The second-order valence-corrected chi connectivity index (χ2v) is 6.50. The molecule has 0 aliphatic rings. The largest absolute Gasteiger partial charge is 0.485 e. The van der Waals surface area contributed by atoms with E-state index >= 15 is 0 Å². The molecular formula is C21H20N6O2. The smallest absolute Gasteiger partial charge is 0.259 e. The summed E-state index contributed by atoms with van der Waals surface area (Å²) in [7, 11) is 0. The zero-order valence-electron chi connectivity index (χ0n) is 15.9. The summed E-state index contributed by atoms with van der Waals surface area (Å²) >= 11 is 0. The van der Waals surface area contributed by atoms with E-state index in [1.165, 1.54) is 0 Å². The fraction of sp³-hybridized carbons (Fsp3) is 0.190. The molecule has 0 bridgehead atoms. The van der Waals surface area contributed by atoms with E-state index < -0.39 is 0 Å². The number of ether oxygens (including phenoxy) is 1. The number of nitrogens with zero attached hydrogens (tertiary/aromatic N) is 5. The summed E-state index contributed by atoms with van der Waals surface area (Å²) in [5.74, 6) is 2.40. The van der Waals surface area contributed by atoms with Gasteiger partial charge in [-0.15, -0.1) is 0 Å². The molecule has 8 nitrogen and oxygen atoms in total. The molecule has 0 unspecified atom stereocenters. The van der Waals surface area contributed by atoms with Crippen molar-refractivity contribution in [1.29, 1.82) is 0 Å². The first-order chi connectivity index (χ1) is 14.3. The van der Waals surface area contributed by atoms with Gasteiger partial charge in [0, 0.05) is 37.3 Å². The minimum atomic E-state index is 0.162. The molecular weight excluding hydrogens is 368 g/mol. The number of anilines is 1. The lowest BCUT2D eigenvalue weighted by Gasteiger charge is -2.13. The first-order valence-electron chi connectivity index (χ1n) is 9.24. The van der Waals surface area contributed by atoms with Crippen molar-refractivity contribution in [2.45, 2.75) is 26.0 Å². The lowest BCUT2D eigenvalue weighted by atomic mass is 10.2. The molecule has 1 N–H and O–H groups in total. The van der Waals surface area contributed by atoms with Crippen LogP contribution in [0.3, 0.4) is 0 Å². The van der Waals surface area contributed by atoms with Crippen molar-refractivity contribution in [3.8, 4) is 17.2 Å². The van der Waals surface area contributed by atoms with Gasteiger partial charge < -0.3 is 14.6 Å². The molecule has 0 radical (unpaired) electrons. The Morgan fingerprint density at radius 3 is 2.69 bits per heavy atom. The number of aromatic nitrogens is 5. The molecule has 4 aromatic rings. The van der Waals surface area contributed by atoms with E-state index in [0.717, 1.165) is 29.2 Å². The lowest BCUT2D eigenvalue weighted by molar-refractivity contribution is 0.287. The fourth-order valence-corrected chi connectivity index (χ4v) is 2.75. The van der Waals surface area contributed by atoms with Gasteiger partial charge in [0.05, 0.1) is 11.3 Å². The molecule has 0 spiro atoms. The summed E-state index contributed by atoms with van der Waals surface area (Å²) in [4.78, 5) is 17.2. The molecule has 0 saturated heterocycles. The van der Waals surface area contributed by atoms with Gasteiger partial charge in [0.15, 0.2) is 6.61 Å². The number of nitrogens with one attached hydrogen (secondary N) is 1. The average Bonchev–Trinajstić information content (AvgIpc) is 3.23. The van der Waals surface area contributed by atoms with Gasteiger partial charge >= 0.3 is 0 Å². The standard InChI is InChI=1S/C21H20N6O2/c1-15(11-17-13-22-9-10-23-17)25-19-8-7-16(12-24-19)21-26-20(27-29-21)14-28-18-5-3-2-4-6-18/h2-10,12-13,15H,11,14H2,1H3,(H,24,25)/t15-/m0/s1. The van der Waals surface area contributed by atoms with Crippen LogP contribution in [0.5, 0.6) is 5.75 Å². The van der Waals surface area contributed by atoms with Crippen molar-refractivity contribution in [1.82, 2.24) is 25.1 Å². The Morgan fingerprint density at radius 2 is 1.93 bits per heavy atom. The van der Waals surface area contributed by atoms with Gasteiger partial charge in [0.2, 0.25) is 5.82 Å². The van der Waals surface area contributed by atoms with Crippen LogP contribution in [0.2, 0.25) is 0 Å². The molecule has 0 aliphatic heterocycles. The van der Waals surface area contributed by atoms with Crippen molar-refractivity contribution in [3.63, 3.8) is 0 Å². The number of benzene rings is 1. The molecule has 1 aromatic carbocycles. The Labute approximate surface area is 168 Å². The SMILES string of the molecule is C[C@@H](Cc1cnccn1)Nc1ccc(-c2nc(COc3ccccc3)no2)cn1. The zero-order chi connectivity index (χ0) is 19.9. The third-order valence-electron chi connectivity index (χ3n) is 4.12. The predicted molar refractivity (Wildman–Crippen MR) is 107 cm³/mol. The van der Waals surface area contributed by atoms with Crippen LogP contribution in [-0.2, 0) is 13.0 Å². The Kier molecular flexibility index (Phi) is 5.70. The maximum Gasteiger partial charge on any atom is 0.259 e. The van der Waals surface area contributed by atoms with Crippen LogP contribution < -0.4 is 10.1 Å². The summed E-state index contributed by atoms with van der Waals surface area (Å²) in [6.07, 6.45) is 7.58. The van der Waals surface area contributed by atoms with Gasteiger partial charge in [-0.1, -0.05) is 23.4 Å². The van der Waals surface area contributed by atoms with Crippen molar-refractivity contribution in [2.24, 2.45) is 0 Å². The molecule has 3 heterocycles. The second kappa shape index (κ2) is 8.92. The monoisotopic (exact) mass is 388 g/mol. The average molecular weight is 388 g/mol. The number of rotatable bonds is 8. The third-order valence-corrected chi connectivity index (χ3v) is 4.12. The highest BCUT2D eigenvalue weighted by Gasteiger charge is 2.11. The van der Waals surface area contributed by atoms with Crippen molar-refractivity contribution >= 4 is 5.82 Å². The molecule has 8 heteroatoms. The minimum absolute atomic E-state index is 0.162. The second-order valence-electron chi connectivity index (χ2n) is 6.50. The molecule has 4 rings (SSSR count). The van der Waals surface area contributed by atoms with E-state index in [9.17, 15) is 0 Å². The lowest BCUT2D eigenvalue weighted by Crippen LogP contribution is -2.19. The van der Waals surface area contributed by atoms with E-state index in [2.05, 4.69) is 37.3 Å². The Balaban J connectivity index is 1.33. The highest BCUT2D eigenvalue weighted by molar-refractivity contribution is 5.54. The number of para-hydroxylation sites is 1. The summed E-state index contributed by atoms with van der Waals surface area (Å²) in [6, 6.07) is 13.4. The Bertz CT molecular complexity index is 1020. The summed E-state index contributed by atoms with van der Waals surface area (Å²) in [5.41, 5.74) is 1.68. The van der Waals surface area contributed by atoms with Crippen molar-refractivity contribution in [3.05, 3.63) is 78.8 Å². The number of hydrogen-bond acceptors (Lipinski definition) is 8. The highest BCUT2D eigenvalue weighted by Crippen LogP contribution is 2.19. The number of pyridine rings is 1. The molecule has 29 heavy (non-hydrogen) atoms. The summed E-state index contributed by atoms with van der Waals surface area (Å²) in [5, 5.41) is 7.31. The van der Waals surface area contributed by atoms with E-state index in [1.807, 2.05) is 42.5 Å². The maximum atomic E-state index is 5.63. The van der Waals surface area contributed by atoms with Crippen LogP contribution >= 0.6 is 0 Å². The van der Waals surface area contributed by atoms with E-state index in [1.54, 1.807) is 24.8 Å². The minimum Gasteiger partial charge on any atom is -0.485 e. The first kappa shape index (κ1) is 18.5. The van der Waals surface area contributed by atoms with Crippen molar-refractivity contribution in [2.75, 3.05) is 5.32 Å². The Morgan fingerprint density at radius 1 is 1.03 bits per heavy atom. The van der Waals surface area contributed by atoms with Gasteiger partial charge in [-0.25, -0.2) is 4.98 Å². The summed E-state index contributed by atoms with van der Waals surface area (Å²) in [6.45, 7) is 2.31.